The van der Waals surface area contributed by atoms with Crippen LogP contribution in [0.25, 0.3) is 0 Å². The van der Waals surface area contributed by atoms with Gasteiger partial charge in [-0.1, -0.05) is 18.2 Å². The molecule has 1 amide bonds. The number of para-hydroxylation sites is 1. The molecule has 2 aromatic carbocycles. The molecule has 0 spiro atoms. The molecule has 0 aliphatic carbocycles. The summed E-state index contributed by atoms with van der Waals surface area (Å²) in [4.78, 5) is 22.3. The highest BCUT2D eigenvalue weighted by Crippen LogP contribution is 2.22. The first kappa shape index (κ1) is 15.3. The molecule has 5 nitrogen and oxygen atoms in total. The van der Waals surface area contributed by atoms with E-state index in [1.807, 2.05) is 30.3 Å². The van der Waals surface area contributed by atoms with Crippen LogP contribution in [0, 0.1) is 0 Å². The number of anilines is 1. The molecule has 0 aliphatic rings. The van der Waals surface area contributed by atoms with Crippen LogP contribution >= 0.6 is 0 Å². The van der Waals surface area contributed by atoms with E-state index >= 15 is 0 Å². The second kappa shape index (κ2) is 7.08. The molecular weight excluding hydrogens is 282 g/mol. The van der Waals surface area contributed by atoms with E-state index in [1.54, 1.807) is 24.3 Å². The number of carbonyl (C=O) groups is 2. The second-order valence-electron chi connectivity index (χ2n) is 4.56. The maximum Gasteiger partial charge on any atom is 0.328 e. The number of benzene rings is 2. The van der Waals surface area contributed by atoms with E-state index in [1.165, 1.54) is 6.92 Å². The van der Waals surface area contributed by atoms with Gasteiger partial charge in [0.05, 0.1) is 0 Å². The van der Waals surface area contributed by atoms with E-state index in [-0.39, 0.29) is 5.57 Å². The van der Waals surface area contributed by atoms with Crippen molar-refractivity contribution in [3.8, 4) is 11.5 Å². The summed E-state index contributed by atoms with van der Waals surface area (Å²) in [5, 5.41) is 11.2. The van der Waals surface area contributed by atoms with Crippen molar-refractivity contribution >= 4 is 17.6 Å². The number of ether oxygens (including phenoxy) is 1. The highest BCUT2D eigenvalue weighted by atomic mass is 16.5. The lowest BCUT2D eigenvalue weighted by atomic mass is 10.2. The van der Waals surface area contributed by atoms with Crippen molar-refractivity contribution in [3.63, 3.8) is 0 Å². The van der Waals surface area contributed by atoms with E-state index in [0.29, 0.717) is 11.4 Å². The molecule has 0 heterocycles. The summed E-state index contributed by atoms with van der Waals surface area (Å²) in [6.45, 7) is 1.44. The molecule has 0 radical (unpaired) electrons. The lowest BCUT2D eigenvalue weighted by Crippen LogP contribution is -2.13. The topological polar surface area (TPSA) is 75.6 Å². The lowest BCUT2D eigenvalue weighted by Gasteiger charge is -2.08. The maximum absolute atomic E-state index is 11.7. The molecule has 0 unspecified atom stereocenters. The van der Waals surface area contributed by atoms with Gasteiger partial charge in [-0.15, -0.1) is 0 Å². The number of aliphatic carboxylic acids is 1. The zero-order chi connectivity index (χ0) is 15.9. The summed E-state index contributed by atoms with van der Waals surface area (Å²) < 4.78 is 5.64. The Bertz CT molecular complexity index is 690. The van der Waals surface area contributed by atoms with Gasteiger partial charge in [0.25, 0.3) is 5.91 Å². The van der Waals surface area contributed by atoms with Gasteiger partial charge in [0.2, 0.25) is 0 Å². The van der Waals surface area contributed by atoms with Crippen LogP contribution in [0.5, 0.6) is 11.5 Å². The third-order valence-corrected chi connectivity index (χ3v) is 2.79. The fourth-order valence-electron chi connectivity index (χ4n) is 1.71. The number of rotatable bonds is 5. The Morgan fingerprint density at radius 2 is 1.59 bits per heavy atom. The van der Waals surface area contributed by atoms with Gasteiger partial charge in [-0.3, -0.25) is 4.79 Å². The van der Waals surface area contributed by atoms with Crippen molar-refractivity contribution < 1.29 is 19.4 Å². The van der Waals surface area contributed by atoms with Crippen LogP contribution < -0.4 is 10.1 Å². The first-order valence-corrected chi connectivity index (χ1v) is 6.60. The van der Waals surface area contributed by atoms with Crippen LogP contribution in [-0.2, 0) is 9.59 Å². The monoisotopic (exact) mass is 297 g/mol. The number of amides is 1. The van der Waals surface area contributed by atoms with Crippen molar-refractivity contribution in [2.24, 2.45) is 0 Å². The van der Waals surface area contributed by atoms with Gasteiger partial charge in [0.15, 0.2) is 0 Å². The van der Waals surface area contributed by atoms with Gasteiger partial charge < -0.3 is 15.2 Å². The predicted octanol–water partition coefficient (Wildman–Crippen LogP) is 3.45. The van der Waals surface area contributed by atoms with Gasteiger partial charge in [-0.05, 0) is 43.3 Å². The molecule has 2 aromatic rings. The summed E-state index contributed by atoms with van der Waals surface area (Å²) in [7, 11) is 0. The van der Waals surface area contributed by atoms with E-state index < -0.39 is 11.9 Å². The summed E-state index contributed by atoms with van der Waals surface area (Å²) in [5.41, 5.74) is 0.681. The Hall–Kier alpha value is -3.08. The second-order valence-corrected chi connectivity index (χ2v) is 4.56. The average molecular weight is 297 g/mol. The van der Waals surface area contributed by atoms with E-state index in [0.717, 1.165) is 11.8 Å². The first-order chi connectivity index (χ1) is 10.5. The minimum atomic E-state index is -1.15. The van der Waals surface area contributed by atoms with Gasteiger partial charge >= 0.3 is 5.97 Å². The molecule has 2 rings (SSSR count). The molecule has 0 saturated heterocycles. The predicted molar refractivity (Wildman–Crippen MR) is 83.0 cm³/mol. The third kappa shape index (κ3) is 4.49. The Morgan fingerprint density at radius 3 is 2.18 bits per heavy atom. The zero-order valence-electron chi connectivity index (χ0n) is 11.9. The molecule has 2 N–H and O–H groups in total. The highest BCUT2D eigenvalue weighted by molar-refractivity contribution is 6.06. The fourth-order valence-corrected chi connectivity index (χ4v) is 1.71. The Labute approximate surface area is 127 Å². The van der Waals surface area contributed by atoms with Crippen molar-refractivity contribution in [1.29, 1.82) is 0 Å². The highest BCUT2D eigenvalue weighted by Gasteiger charge is 2.06. The molecule has 0 aromatic heterocycles. The quantitative estimate of drug-likeness (QED) is 0.829. The summed E-state index contributed by atoms with van der Waals surface area (Å²) in [5.74, 6) is -0.250. The Balaban J connectivity index is 2.00. The van der Waals surface area contributed by atoms with Gasteiger partial charge in [0, 0.05) is 17.3 Å². The molecule has 0 bridgehead atoms. The molecular formula is C17H15NO4. The van der Waals surface area contributed by atoms with Crippen molar-refractivity contribution in [2.75, 3.05) is 5.32 Å². The molecule has 112 valence electrons. The van der Waals surface area contributed by atoms with E-state index in [2.05, 4.69) is 5.32 Å². The number of nitrogens with one attached hydrogen (secondary N) is 1. The maximum atomic E-state index is 11.7. The van der Waals surface area contributed by atoms with Crippen LogP contribution in [0.4, 0.5) is 5.69 Å². The minimum absolute atomic E-state index is 0.122. The smallest absolute Gasteiger partial charge is 0.328 e. The van der Waals surface area contributed by atoms with Gasteiger partial charge in [0.1, 0.15) is 11.5 Å². The van der Waals surface area contributed by atoms with Gasteiger partial charge in [-0.2, -0.15) is 0 Å². The van der Waals surface area contributed by atoms with E-state index in [4.69, 9.17) is 9.84 Å². The standard InChI is InChI=1S/C17H15NO4/c1-12(11-16(19)20)17(21)18-13-7-9-15(10-8-13)22-14-5-3-2-4-6-14/h2-11H,1H3,(H,18,21)(H,19,20). The third-order valence-electron chi connectivity index (χ3n) is 2.79. The number of hydrogen-bond donors (Lipinski definition) is 2. The largest absolute Gasteiger partial charge is 0.478 e. The van der Waals surface area contributed by atoms with Crippen LogP contribution in [0.15, 0.2) is 66.2 Å². The average Bonchev–Trinajstić information content (AvgIpc) is 2.49. The van der Waals surface area contributed by atoms with Gasteiger partial charge in [-0.25, -0.2) is 4.79 Å². The molecule has 0 fully saturated rings. The Morgan fingerprint density at radius 1 is 1.00 bits per heavy atom. The summed E-state index contributed by atoms with van der Waals surface area (Å²) >= 11 is 0. The van der Waals surface area contributed by atoms with Crippen molar-refractivity contribution in [2.45, 2.75) is 6.92 Å². The van der Waals surface area contributed by atoms with E-state index in [9.17, 15) is 9.59 Å². The normalized spacial score (nSPS) is 10.9. The minimum Gasteiger partial charge on any atom is -0.478 e. The molecule has 5 heteroatoms. The number of carboxylic acids is 1. The summed E-state index contributed by atoms with van der Waals surface area (Å²) in [6.07, 6.45) is 0.863. The molecule has 0 atom stereocenters. The molecule has 0 saturated carbocycles. The lowest BCUT2D eigenvalue weighted by molar-refractivity contribution is -0.131. The van der Waals surface area contributed by atoms with Crippen LogP contribution in [0.1, 0.15) is 6.92 Å². The van der Waals surface area contributed by atoms with Crippen LogP contribution in [0.2, 0.25) is 0 Å². The van der Waals surface area contributed by atoms with Crippen LogP contribution in [-0.4, -0.2) is 17.0 Å². The first-order valence-electron chi connectivity index (χ1n) is 6.60. The number of carbonyl (C=O) groups excluding carboxylic acids is 1. The van der Waals surface area contributed by atoms with Crippen molar-refractivity contribution in [3.05, 3.63) is 66.2 Å². The Kier molecular flexibility index (Phi) is 4.93. The number of hydrogen-bond acceptors (Lipinski definition) is 3. The zero-order valence-corrected chi connectivity index (χ0v) is 11.9. The van der Waals surface area contributed by atoms with Crippen molar-refractivity contribution in [1.82, 2.24) is 0 Å². The molecule has 22 heavy (non-hydrogen) atoms. The number of carboxylic acid groups (broad SMARTS) is 1. The molecule has 0 aliphatic heterocycles. The fraction of sp³-hybridized carbons (Fsp3) is 0.0588. The summed E-state index contributed by atoms with van der Waals surface area (Å²) in [6, 6.07) is 16.2. The van der Waals surface area contributed by atoms with Crippen LogP contribution in [0.3, 0.4) is 0 Å². The SMILES string of the molecule is CC(=CC(=O)O)C(=O)Nc1ccc(Oc2ccccc2)cc1.